The van der Waals surface area contributed by atoms with E-state index in [0.29, 0.717) is 26.2 Å². The summed E-state index contributed by atoms with van der Waals surface area (Å²) in [7, 11) is -3.79. The number of benzene rings is 1. The average Bonchev–Trinajstić information content (AvgIpc) is 2.62. The van der Waals surface area contributed by atoms with Gasteiger partial charge in [-0.25, -0.2) is 13.4 Å². The first-order chi connectivity index (χ1) is 11.9. The van der Waals surface area contributed by atoms with Crippen LogP contribution in [0.15, 0.2) is 47.5 Å². The highest BCUT2D eigenvalue weighted by molar-refractivity contribution is 7.89. The minimum Gasteiger partial charge on any atom is -0.545 e. The van der Waals surface area contributed by atoms with Gasteiger partial charge in [0.15, 0.2) is 0 Å². The third-order valence-corrected chi connectivity index (χ3v) is 6.29. The van der Waals surface area contributed by atoms with Crippen LogP contribution in [0.4, 0.5) is 5.82 Å². The summed E-state index contributed by atoms with van der Waals surface area (Å²) in [5, 5.41) is 11.0. The number of aromatic nitrogens is 1. The van der Waals surface area contributed by atoms with E-state index in [4.69, 9.17) is 11.6 Å². The Kier molecular flexibility index (Phi) is 4.94. The number of H-pyrrole nitrogens is 1. The summed E-state index contributed by atoms with van der Waals surface area (Å²) in [5.41, 5.74) is -0.333. The number of anilines is 1. The Labute approximate surface area is 150 Å². The molecule has 0 amide bonds. The molecule has 1 aliphatic heterocycles. The molecule has 1 aliphatic rings. The predicted molar refractivity (Wildman–Crippen MR) is 89.8 cm³/mol. The zero-order valence-corrected chi connectivity index (χ0v) is 14.8. The molecule has 1 saturated heterocycles. The SMILES string of the molecule is O=C([O-])c1cc(S(=O)(=O)N2CCN(c3cccc[nH+]3)CC2)ccc1Cl. The summed E-state index contributed by atoms with van der Waals surface area (Å²) < 4.78 is 26.9. The van der Waals surface area contributed by atoms with Gasteiger partial charge in [-0.05, 0) is 24.3 Å². The van der Waals surface area contributed by atoms with Gasteiger partial charge in [0.1, 0.15) is 0 Å². The summed E-state index contributed by atoms with van der Waals surface area (Å²) in [6, 6.07) is 9.32. The minimum absolute atomic E-state index is 0.0524. The summed E-state index contributed by atoms with van der Waals surface area (Å²) in [6.07, 6.45) is 1.81. The molecular weight excluding hydrogens is 366 g/mol. The van der Waals surface area contributed by atoms with Crippen molar-refractivity contribution in [2.45, 2.75) is 4.90 Å². The number of aromatic amines is 1. The van der Waals surface area contributed by atoms with Crippen molar-refractivity contribution in [1.29, 1.82) is 0 Å². The lowest BCUT2D eigenvalue weighted by atomic mass is 10.2. The number of pyridine rings is 1. The smallest absolute Gasteiger partial charge is 0.274 e. The molecule has 2 aromatic rings. The van der Waals surface area contributed by atoms with Crippen LogP contribution in [0.25, 0.3) is 0 Å². The molecule has 0 bridgehead atoms. The Bertz CT molecular complexity index is 882. The molecule has 0 aliphatic carbocycles. The quantitative estimate of drug-likeness (QED) is 0.744. The number of rotatable bonds is 4. The van der Waals surface area contributed by atoms with Crippen LogP contribution in [-0.4, -0.2) is 44.9 Å². The topological polar surface area (TPSA) is 94.9 Å². The maximum absolute atomic E-state index is 12.8. The van der Waals surface area contributed by atoms with Gasteiger partial charge in [-0.2, -0.15) is 4.31 Å². The van der Waals surface area contributed by atoms with Crippen molar-refractivity contribution in [3.63, 3.8) is 0 Å². The van der Waals surface area contributed by atoms with Crippen LogP contribution < -0.4 is 15.0 Å². The maximum atomic E-state index is 12.8. The second-order valence-electron chi connectivity index (χ2n) is 5.57. The van der Waals surface area contributed by atoms with Gasteiger partial charge in [0.2, 0.25) is 10.0 Å². The zero-order chi connectivity index (χ0) is 18.0. The van der Waals surface area contributed by atoms with Crippen LogP contribution >= 0.6 is 11.6 Å². The third-order valence-electron chi connectivity index (χ3n) is 4.07. The molecule has 25 heavy (non-hydrogen) atoms. The van der Waals surface area contributed by atoms with Crippen LogP contribution in [0.1, 0.15) is 10.4 Å². The van der Waals surface area contributed by atoms with Gasteiger partial charge in [-0.1, -0.05) is 17.7 Å². The summed E-state index contributed by atoms with van der Waals surface area (Å²) in [4.78, 5) is 16.1. The molecule has 3 rings (SSSR count). The van der Waals surface area contributed by atoms with Crippen molar-refractivity contribution in [3.8, 4) is 0 Å². The first-order valence-corrected chi connectivity index (χ1v) is 9.44. The second kappa shape index (κ2) is 6.99. The third kappa shape index (κ3) is 3.60. The molecule has 7 nitrogen and oxygen atoms in total. The lowest BCUT2D eigenvalue weighted by molar-refractivity contribution is -0.364. The van der Waals surface area contributed by atoms with E-state index in [1.54, 1.807) is 0 Å². The standard InChI is InChI=1S/C16H16ClN3O4S/c17-14-5-4-12(11-13(14)16(21)22)25(23,24)20-9-7-19(8-10-20)15-3-1-2-6-18-15/h1-6,11H,7-10H2,(H,21,22). The molecule has 0 radical (unpaired) electrons. The van der Waals surface area contributed by atoms with E-state index in [-0.39, 0.29) is 15.5 Å². The van der Waals surface area contributed by atoms with E-state index in [0.717, 1.165) is 11.9 Å². The highest BCUT2D eigenvalue weighted by Crippen LogP contribution is 2.24. The van der Waals surface area contributed by atoms with Gasteiger partial charge >= 0.3 is 0 Å². The fraction of sp³-hybridized carbons (Fsp3) is 0.250. The summed E-state index contributed by atoms with van der Waals surface area (Å²) >= 11 is 5.77. The molecule has 1 fully saturated rings. The first kappa shape index (κ1) is 17.7. The van der Waals surface area contributed by atoms with Gasteiger partial charge in [-0.15, -0.1) is 0 Å². The molecule has 1 N–H and O–H groups in total. The lowest BCUT2D eigenvalue weighted by Crippen LogP contribution is -2.49. The van der Waals surface area contributed by atoms with Gasteiger partial charge in [0.05, 0.1) is 43.2 Å². The van der Waals surface area contributed by atoms with Crippen LogP contribution in [0, 0.1) is 0 Å². The number of hydrogen-bond donors (Lipinski definition) is 0. The van der Waals surface area contributed by atoms with Crippen molar-refractivity contribution in [1.82, 2.24) is 4.31 Å². The highest BCUT2D eigenvalue weighted by atomic mass is 35.5. The van der Waals surface area contributed by atoms with E-state index in [1.165, 1.54) is 16.4 Å². The Morgan fingerprint density at radius 1 is 1.12 bits per heavy atom. The molecular formula is C16H16ClN3O4S. The van der Waals surface area contributed by atoms with Crippen molar-refractivity contribution in [3.05, 3.63) is 53.2 Å². The van der Waals surface area contributed by atoms with Crippen LogP contribution in [0.3, 0.4) is 0 Å². The van der Waals surface area contributed by atoms with E-state index < -0.39 is 16.0 Å². The Morgan fingerprint density at radius 2 is 1.84 bits per heavy atom. The lowest BCUT2D eigenvalue weighted by Gasteiger charge is -2.30. The molecule has 132 valence electrons. The van der Waals surface area contributed by atoms with E-state index >= 15 is 0 Å². The summed E-state index contributed by atoms with van der Waals surface area (Å²) in [5.74, 6) is -0.586. The number of hydrogen-bond acceptors (Lipinski definition) is 5. The number of carbonyl (C=O) groups excluding carboxylic acids is 1. The van der Waals surface area contributed by atoms with Crippen LogP contribution in [0.2, 0.25) is 5.02 Å². The van der Waals surface area contributed by atoms with Crippen molar-refractivity contribution in [2.75, 3.05) is 31.1 Å². The fourth-order valence-electron chi connectivity index (χ4n) is 2.72. The van der Waals surface area contributed by atoms with Gasteiger partial charge < -0.3 is 9.90 Å². The first-order valence-electron chi connectivity index (χ1n) is 7.62. The van der Waals surface area contributed by atoms with Crippen molar-refractivity contribution in [2.24, 2.45) is 0 Å². The van der Waals surface area contributed by atoms with E-state index in [1.807, 2.05) is 24.4 Å². The highest BCUT2D eigenvalue weighted by Gasteiger charge is 2.32. The monoisotopic (exact) mass is 381 g/mol. The molecule has 1 aromatic heterocycles. The number of sulfonamides is 1. The van der Waals surface area contributed by atoms with Crippen molar-refractivity contribution >= 4 is 33.4 Å². The number of halogens is 1. The van der Waals surface area contributed by atoms with Crippen LogP contribution in [-0.2, 0) is 10.0 Å². The number of carbonyl (C=O) groups is 1. The normalized spacial score (nSPS) is 16.0. The predicted octanol–water partition coefficient (Wildman–Crippen LogP) is 0.0285. The van der Waals surface area contributed by atoms with Crippen LogP contribution in [0.5, 0.6) is 0 Å². The number of carboxylic acids is 1. The molecule has 9 heteroatoms. The number of aromatic carboxylic acids is 1. The van der Waals surface area contributed by atoms with E-state index in [9.17, 15) is 18.3 Å². The Morgan fingerprint density at radius 3 is 2.44 bits per heavy atom. The Balaban J connectivity index is 1.78. The molecule has 1 aromatic carbocycles. The molecule has 0 unspecified atom stereocenters. The minimum atomic E-state index is -3.79. The van der Waals surface area contributed by atoms with Crippen molar-refractivity contribution < 1.29 is 23.3 Å². The summed E-state index contributed by atoms with van der Waals surface area (Å²) in [6.45, 7) is 1.66. The number of piperazine rings is 1. The van der Waals surface area contributed by atoms with Gasteiger partial charge in [0, 0.05) is 16.7 Å². The zero-order valence-electron chi connectivity index (χ0n) is 13.2. The molecule has 0 spiro atoms. The van der Waals surface area contributed by atoms with E-state index in [2.05, 4.69) is 9.88 Å². The fourth-order valence-corrected chi connectivity index (χ4v) is 4.36. The Hall–Kier alpha value is -2.16. The van der Waals surface area contributed by atoms with Gasteiger partial charge in [-0.3, -0.25) is 4.90 Å². The number of carboxylic acid groups (broad SMARTS) is 1. The molecule has 2 heterocycles. The number of nitrogens with one attached hydrogen (secondary N) is 1. The molecule has 0 atom stereocenters. The average molecular weight is 382 g/mol. The number of nitrogens with zero attached hydrogens (tertiary/aromatic N) is 2. The largest absolute Gasteiger partial charge is 0.545 e. The maximum Gasteiger partial charge on any atom is 0.274 e. The van der Waals surface area contributed by atoms with Gasteiger partial charge in [0.25, 0.3) is 5.82 Å². The molecule has 0 saturated carbocycles. The second-order valence-corrected chi connectivity index (χ2v) is 7.91.